The molecule has 0 atom stereocenters. The summed E-state index contributed by atoms with van der Waals surface area (Å²) in [5.41, 5.74) is 0. The monoisotopic (exact) mass is 170 g/mol. The van der Waals surface area contributed by atoms with Crippen molar-refractivity contribution in [2.45, 2.75) is 26.2 Å². The van der Waals surface area contributed by atoms with Gasteiger partial charge in [0.05, 0.1) is 0 Å². The highest BCUT2D eigenvalue weighted by Crippen LogP contribution is 2.07. The number of unbranched alkanes of at least 4 members (excludes halogenated alkanes) is 1. The molecule has 11 heavy (non-hydrogen) atoms. The molecule has 0 unspecified atom stereocenters. The molecule has 0 aromatic rings. The fraction of sp³-hybridized carbons (Fsp3) is 0.400. The molecule has 0 aliphatic carbocycles. The zero-order valence-corrected chi connectivity index (χ0v) is 7.77. The molecular weight excluding hydrogens is 156 g/mol. The Bertz CT molecular complexity index is 154. The lowest BCUT2D eigenvalue weighted by atomic mass is 10.2. The van der Waals surface area contributed by atoms with Crippen LogP contribution in [0, 0.1) is 0 Å². The summed E-state index contributed by atoms with van der Waals surface area (Å²) in [6, 6.07) is 0. The quantitative estimate of drug-likeness (QED) is 0.432. The van der Waals surface area contributed by atoms with Crippen molar-refractivity contribution in [3.05, 3.63) is 35.9 Å². The third-order valence-electron chi connectivity index (χ3n) is 1.33. The lowest BCUT2D eigenvalue weighted by molar-refractivity contribution is 1.05. The van der Waals surface area contributed by atoms with Crippen molar-refractivity contribution in [3.8, 4) is 0 Å². The summed E-state index contributed by atoms with van der Waals surface area (Å²) >= 11 is 5.77. The summed E-state index contributed by atoms with van der Waals surface area (Å²) in [6.45, 7) is 5.58. The summed E-state index contributed by atoms with van der Waals surface area (Å²) in [4.78, 5) is 0. The van der Waals surface area contributed by atoms with Gasteiger partial charge in [0.2, 0.25) is 0 Å². The van der Waals surface area contributed by atoms with E-state index in [2.05, 4.69) is 18.7 Å². The molecule has 62 valence electrons. The number of hydrogen-bond donors (Lipinski definition) is 0. The van der Waals surface area contributed by atoms with E-state index in [0.717, 1.165) is 24.3 Å². The predicted molar refractivity (Wildman–Crippen MR) is 52.8 cm³/mol. The topological polar surface area (TPSA) is 0 Å². The van der Waals surface area contributed by atoms with Crippen LogP contribution in [0.4, 0.5) is 0 Å². The van der Waals surface area contributed by atoms with E-state index in [0.29, 0.717) is 0 Å². The van der Waals surface area contributed by atoms with Crippen molar-refractivity contribution in [2.75, 3.05) is 0 Å². The minimum absolute atomic E-state index is 0.856. The molecule has 0 aromatic heterocycles. The van der Waals surface area contributed by atoms with Crippen molar-refractivity contribution < 1.29 is 0 Å². The molecular formula is C10H15Cl. The molecule has 0 aromatic carbocycles. The molecule has 0 saturated carbocycles. The van der Waals surface area contributed by atoms with Crippen molar-refractivity contribution >= 4 is 11.6 Å². The number of allylic oxidation sites excluding steroid dienone is 5. The van der Waals surface area contributed by atoms with Crippen LogP contribution in [0.3, 0.4) is 0 Å². The van der Waals surface area contributed by atoms with Gasteiger partial charge in [-0.05, 0) is 19.8 Å². The number of halogens is 1. The average Bonchev–Trinajstić information content (AvgIpc) is 2.04. The first kappa shape index (κ1) is 10.5. The molecule has 0 rings (SSSR count). The summed E-state index contributed by atoms with van der Waals surface area (Å²) in [5.74, 6) is 0. The van der Waals surface area contributed by atoms with E-state index in [1.165, 1.54) is 0 Å². The van der Waals surface area contributed by atoms with Crippen LogP contribution in [0.25, 0.3) is 0 Å². The van der Waals surface area contributed by atoms with Gasteiger partial charge in [0.25, 0.3) is 0 Å². The smallest absolute Gasteiger partial charge is 0.0176 e. The second kappa shape index (κ2) is 7.62. The number of rotatable bonds is 5. The molecule has 0 spiro atoms. The molecule has 0 saturated heterocycles. The molecule has 0 bridgehead atoms. The second-order valence-corrected chi connectivity index (χ2v) is 2.76. The fourth-order valence-corrected chi connectivity index (χ4v) is 0.735. The molecule has 0 aliphatic rings. The molecule has 0 N–H and O–H groups in total. The standard InChI is InChI=1S/C10H15Cl/c1-3-5-6-7-8-9-10(11)4-2/h3-4,7-8H,1,5-6,9H2,2H3/b8-7-,10-4+. The van der Waals surface area contributed by atoms with Crippen LogP contribution in [0.5, 0.6) is 0 Å². The van der Waals surface area contributed by atoms with Gasteiger partial charge in [-0.15, -0.1) is 6.58 Å². The Balaban J connectivity index is 3.36. The maximum Gasteiger partial charge on any atom is 0.0176 e. The third kappa shape index (κ3) is 7.41. The van der Waals surface area contributed by atoms with Crippen molar-refractivity contribution in [3.63, 3.8) is 0 Å². The highest BCUT2D eigenvalue weighted by atomic mass is 35.5. The molecule has 0 amide bonds. The number of hydrogen-bond acceptors (Lipinski definition) is 0. The van der Waals surface area contributed by atoms with Gasteiger partial charge in [0.1, 0.15) is 0 Å². The van der Waals surface area contributed by atoms with Crippen LogP contribution in [-0.4, -0.2) is 0 Å². The van der Waals surface area contributed by atoms with Gasteiger partial charge in [0.15, 0.2) is 0 Å². The maximum atomic E-state index is 5.77. The Labute approximate surface area is 74.3 Å². The summed E-state index contributed by atoms with van der Waals surface area (Å²) in [6.07, 6.45) is 11.0. The van der Waals surface area contributed by atoms with Crippen LogP contribution in [0.15, 0.2) is 35.9 Å². The van der Waals surface area contributed by atoms with Gasteiger partial charge in [0, 0.05) is 11.5 Å². The molecule has 0 aliphatic heterocycles. The van der Waals surface area contributed by atoms with Crippen molar-refractivity contribution in [1.29, 1.82) is 0 Å². The van der Waals surface area contributed by atoms with E-state index in [1.54, 1.807) is 0 Å². The SMILES string of the molecule is C=CCC/C=C\C/C(Cl)=C\C. The van der Waals surface area contributed by atoms with Gasteiger partial charge in [-0.1, -0.05) is 35.9 Å². The largest absolute Gasteiger partial charge is 0.103 e. The summed E-state index contributed by atoms with van der Waals surface area (Å²) in [7, 11) is 0. The zero-order chi connectivity index (χ0) is 8.53. The lowest BCUT2D eigenvalue weighted by Crippen LogP contribution is -1.67. The zero-order valence-electron chi connectivity index (χ0n) is 7.02. The Morgan fingerprint density at radius 3 is 2.64 bits per heavy atom. The van der Waals surface area contributed by atoms with Crippen LogP contribution in [0.1, 0.15) is 26.2 Å². The van der Waals surface area contributed by atoms with Crippen molar-refractivity contribution in [1.82, 2.24) is 0 Å². The van der Waals surface area contributed by atoms with Gasteiger partial charge >= 0.3 is 0 Å². The Hall–Kier alpha value is -0.490. The Morgan fingerprint density at radius 1 is 1.36 bits per heavy atom. The highest BCUT2D eigenvalue weighted by molar-refractivity contribution is 6.29. The highest BCUT2D eigenvalue weighted by Gasteiger charge is 1.83. The molecule has 0 heterocycles. The first-order valence-corrected chi connectivity index (χ1v) is 4.25. The Morgan fingerprint density at radius 2 is 2.09 bits per heavy atom. The van der Waals surface area contributed by atoms with Crippen LogP contribution >= 0.6 is 11.6 Å². The van der Waals surface area contributed by atoms with Crippen LogP contribution in [0.2, 0.25) is 0 Å². The van der Waals surface area contributed by atoms with E-state index >= 15 is 0 Å². The third-order valence-corrected chi connectivity index (χ3v) is 1.70. The predicted octanol–water partition coefficient (Wildman–Crippen LogP) is 4.04. The second-order valence-electron chi connectivity index (χ2n) is 2.28. The van der Waals surface area contributed by atoms with Crippen LogP contribution < -0.4 is 0 Å². The van der Waals surface area contributed by atoms with Gasteiger partial charge in [-0.25, -0.2) is 0 Å². The van der Waals surface area contributed by atoms with Crippen LogP contribution in [-0.2, 0) is 0 Å². The van der Waals surface area contributed by atoms with Gasteiger partial charge < -0.3 is 0 Å². The van der Waals surface area contributed by atoms with E-state index in [4.69, 9.17) is 11.6 Å². The minimum atomic E-state index is 0.856. The molecule has 0 nitrogen and oxygen atoms in total. The fourth-order valence-electron chi connectivity index (χ4n) is 0.646. The molecule has 1 heteroatoms. The van der Waals surface area contributed by atoms with E-state index in [-0.39, 0.29) is 0 Å². The summed E-state index contributed by atoms with van der Waals surface area (Å²) in [5, 5.41) is 0.903. The maximum absolute atomic E-state index is 5.77. The minimum Gasteiger partial charge on any atom is -0.103 e. The van der Waals surface area contributed by atoms with Gasteiger partial charge in [-0.3, -0.25) is 0 Å². The molecule has 0 radical (unpaired) electrons. The Kier molecular flexibility index (Phi) is 7.28. The van der Waals surface area contributed by atoms with E-state index < -0.39 is 0 Å². The summed E-state index contributed by atoms with van der Waals surface area (Å²) < 4.78 is 0. The normalized spacial score (nSPS) is 12.4. The van der Waals surface area contributed by atoms with Gasteiger partial charge in [-0.2, -0.15) is 0 Å². The average molecular weight is 171 g/mol. The lowest BCUT2D eigenvalue weighted by Gasteiger charge is -1.89. The first-order valence-electron chi connectivity index (χ1n) is 3.87. The molecule has 0 fully saturated rings. The first-order chi connectivity index (χ1) is 5.31. The van der Waals surface area contributed by atoms with E-state index in [1.807, 2.05) is 19.1 Å². The van der Waals surface area contributed by atoms with Crippen molar-refractivity contribution in [2.24, 2.45) is 0 Å². The van der Waals surface area contributed by atoms with E-state index in [9.17, 15) is 0 Å².